The molecule has 102 heavy (non-hydrogen) atoms. The largest absolute Gasteiger partial charge is 0.228 e. The fourth-order valence-electron chi connectivity index (χ4n) is 16.4. The van der Waals surface area contributed by atoms with Crippen molar-refractivity contribution in [1.29, 1.82) is 0 Å². The first-order chi connectivity index (χ1) is 50.5. The fraction of sp³-hybridized carbons (Fsp3) is 0.0208. The predicted molar refractivity (Wildman–Crippen MR) is 423 cm³/mol. The van der Waals surface area contributed by atoms with E-state index in [4.69, 9.17) is 19.9 Å². The minimum atomic E-state index is -0.763. The van der Waals surface area contributed by atoms with Gasteiger partial charge in [-0.25, -0.2) is 19.9 Å². The van der Waals surface area contributed by atoms with Crippen molar-refractivity contribution < 1.29 is 0 Å². The predicted octanol–water partition coefficient (Wildman–Crippen LogP) is 24.7. The molecule has 18 aromatic rings. The zero-order valence-corrected chi connectivity index (χ0v) is 56.9. The van der Waals surface area contributed by atoms with Gasteiger partial charge in [-0.2, -0.15) is 0 Å². The van der Waals surface area contributed by atoms with Crippen LogP contribution in [0.5, 0.6) is 0 Å². The summed E-state index contributed by atoms with van der Waals surface area (Å²) < 4.78 is 0. The van der Waals surface area contributed by atoms with Crippen LogP contribution in [0.2, 0.25) is 0 Å². The Bertz CT molecular complexity index is 6310. The van der Waals surface area contributed by atoms with Crippen LogP contribution in [0, 0.1) is 0 Å². The normalized spacial score (nSPS) is 14.3. The summed E-state index contributed by atoms with van der Waals surface area (Å²) in [5.74, 6) is 1.35. The lowest BCUT2D eigenvalue weighted by Crippen LogP contribution is -2.34. The Hall–Kier alpha value is -12.3. The van der Waals surface area contributed by atoms with E-state index in [9.17, 15) is 0 Å². The zero-order valence-electron chi connectivity index (χ0n) is 55.2. The molecule has 0 saturated heterocycles. The van der Waals surface area contributed by atoms with Gasteiger partial charge >= 0.3 is 0 Å². The lowest BCUT2D eigenvalue weighted by atomic mass is 9.64. The molecule has 476 valence electrons. The molecule has 2 aromatic heterocycles. The van der Waals surface area contributed by atoms with E-state index in [0.717, 1.165) is 72.5 Å². The SMILES string of the molecule is c1ccc(-c2cc(-c3cccc(C4(c5ccccc5)c5ccc6ccccc6c5Sc5c4ccc4ccccc54)c3)nc(-c3cccc(-c4ccc5ccc6c(c5c4)Sc4c(ccc5ccccc45)C6(c4ccccc4)c4cccc(-c5nc(-c6ccccc6)nc6ccccc56)c4)c3)n2)cc1. The minimum Gasteiger partial charge on any atom is -0.228 e. The summed E-state index contributed by atoms with van der Waals surface area (Å²) >= 11 is 3.81. The maximum absolute atomic E-state index is 5.65. The van der Waals surface area contributed by atoms with Gasteiger partial charge in [0.2, 0.25) is 0 Å². The smallest absolute Gasteiger partial charge is 0.160 e. The highest BCUT2D eigenvalue weighted by Gasteiger charge is 2.47. The van der Waals surface area contributed by atoms with E-state index in [1.165, 1.54) is 102 Å². The van der Waals surface area contributed by atoms with Gasteiger partial charge in [-0.1, -0.05) is 351 Å². The molecule has 2 aliphatic rings. The summed E-state index contributed by atoms with van der Waals surface area (Å²) in [7, 11) is 0. The average Bonchev–Trinajstić information content (AvgIpc) is 0.699. The first-order valence-electron chi connectivity index (χ1n) is 34.7. The van der Waals surface area contributed by atoms with E-state index < -0.39 is 10.8 Å². The van der Waals surface area contributed by atoms with Crippen molar-refractivity contribution >= 4 is 77.5 Å². The second-order valence-corrected chi connectivity index (χ2v) is 28.7. The number of aromatic nitrogens is 4. The Kier molecular flexibility index (Phi) is 14.2. The lowest BCUT2D eigenvalue weighted by Gasteiger charge is -2.43. The van der Waals surface area contributed by atoms with E-state index in [1.54, 1.807) is 0 Å². The second-order valence-electron chi connectivity index (χ2n) is 26.7. The van der Waals surface area contributed by atoms with Gasteiger partial charge in [-0.15, -0.1) is 0 Å². The van der Waals surface area contributed by atoms with Gasteiger partial charge in [-0.05, 0) is 135 Å². The lowest BCUT2D eigenvalue weighted by molar-refractivity contribution is 0.709. The maximum atomic E-state index is 5.65. The van der Waals surface area contributed by atoms with E-state index in [1.807, 2.05) is 29.6 Å². The highest BCUT2D eigenvalue weighted by molar-refractivity contribution is 8.00. The highest BCUT2D eigenvalue weighted by atomic mass is 32.2. The molecule has 0 saturated carbocycles. The molecule has 1 unspecified atom stereocenters. The molecular formula is C96H60N4S2. The van der Waals surface area contributed by atoms with Crippen LogP contribution >= 0.6 is 23.5 Å². The van der Waals surface area contributed by atoms with Crippen molar-refractivity contribution in [1.82, 2.24) is 19.9 Å². The molecule has 2 aliphatic heterocycles. The molecule has 16 aromatic carbocycles. The van der Waals surface area contributed by atoms with Gasteiger partial charge < -0.3 is 0 Å². The van der Waals surface area contributed by atoms with Crippen molar-refractivity contribution in [2.45, 2.75) is 30.4 Å². The Labute approximate surface area is 599 Å². The fourth-order valence-corrected chi connectivity index (χ4v) is 19.3. The third-order valence-electron chi connectivity index (χ3n) is 21.1. The summed E-state index contributed by atoms with van der Waals surface area (Å²) in [5.41, 5.74) is 18.9. The van der Waals surface area contributed by atoms with E-state index in [2.05, 4.69) is 358 Å². The highest BCUT2D eigenvalue weighted by Crippen LogP contribution is 2.61. The quantitative estimate of drug-likeness (QED) is 0.136. The van der Waals surface area contributed by atoms with Crippen molar-refractivity contribution in [3.63, 3.8) is 0 Å². The molecule has 0 fully saturated rings. The van der Waals surface area contributed by atoms with E-state index in [0.29, 0.717) is 11.6 Å². The Morgan fingerprint density at radius 3 is 1.14 bits per heavy atom. The molecule has 0 spiro atoms. The van der Waals surface area contributed by atoms with Crippen LogP contribution < -0.4 is 0 Å². The zero-order chi connectivity index (χ0) is 67.3. The molecule has 6 heteroatoms. The Morgan fingerprint density at radius 1 is 0.206 bits per heavy atom. The second kappa shape index (κ2) is 24.2. The first kappa shape index (κ1) is 59.7. The Morgan fingerprint density at radius 2 is 0.578 bits per heavy atom. The molecule has 0 bridgehead atoms. The minimum absolute atomic E-state index is 0.650. The molecule has 0 radical (unpaired) electrons. The maximum Gasteiger partial charge on any atom is 0.160 e. The van der Waals surface area contributed by atoms with Gasteiger partial charge in [-0.3, -0.25) is 0 Å². The number of hydrogen-bond donors (Lipinski definition) is 0. The molecule has 20 rings (SSSR count). The standard InChI is InChI=1S/C96H60N4S2/c1-5-27-65(28-6-1)86-60-87(69-32-22-39-74(57-69)95(72-35-9-3-10-36-72)81-52-48-61-24-13-16-41-76(61)89(81)101-90-77-42-17-14-25-62(77)49-53-82(90)95)99-94(98-86)71-34-21-31-67(56-71)68-47-46-64-51-55-84-92(80(64)59-68)102-91-78-43-18-15-26-63(78)50-54-83(91)96(84,73-37-11-4-12-38-73)75-40-23-33-70(58-75)88-79-44-19-20-45-85(79)97-93(100-88)66-29-7-2-8-30-66/h1-60H. The summed E-state index contributed by atoms with van der Waals surface area (Å²) in [5, 5.41) is 10.7. The first-order valence-corrected chi connectivity index (χ1v) is 36.4. The average molecular weight is 1330 g/mol. The van der Waals surface area contributed by atoms with Crippen LogP contribution in [-0.2, 0) is 10.8 Å². The topological polar surface area (TPSA) is 51.6 Å². The molecule has 4 nitrogen and oxygen atoms in total. The third-order valence-corrected chi connectivity index (χ3v) is 23.7. The number of rotatable bonds is 10. The van der Waals surface area contributed by atoms with Crippen molar-refractivity contribution in [2.24, 2.45) is 0 Å². The monoisotopic (exact) mass is 1330 g/mol. The summed E-state index contributed by atoms with van der Waals surface area (Å²) in [6.07, 6.45) is 0. The van der Waals surface area contributed by atoms with Gasteiger partial charge in [0, 0.05) is 52.8 Å². The number of hydrogen-bond acceptors (Lipinski definition) is 6. The molecule has 0 amide bonds. The van der Waals surface area contributed by atoms with Crippen LogP contribution in [0.15, 0.2) is 384 Å². The molecule has 0 N–H and O–H groups in total. The van der Waals surface area contributed by atoms with E-state index >= 15 is 0 Å². The van der Waals surface area contributed by atoms with Crippen molar-refractivity contribution in [2.75, 3.05) is 0 Å². The Balaban J connectivity index is 0.753. The van der Waals surface area contributed by atoms with E-state index in [-0.39, 0.29) is 0 Å². The summed E-state index contributed by atoms with van der Waals surface area (Å²) in [6, 6.07) is 133. The van der Waals surface area contributed by atoms with Crippen LogP contribution in [0.4, 0.5) is 0 Å². The van der Waals surface area contributed by atoms with Crippen LogP contribution in [0.25, 0.3) is 122 Å². The molecule has 1 atom stereocenters. The third kappa shape index (κ3) is 9.55. The number of nitrogens with zero attached hydrogens (tertiary/aromatic N) is 4. The number of para-hydroxylation sites is 1. The molecule has 4 heterocycles. The number of fused-ring (bicyclic) bond motifs is 13. The summed E-state index contributed by atoms with van der Waals surface area (Å²) in [4.78, 5) is 26.7. The van der Waals surface area contributed by atoms with Crippen LogP contribution in [-0.4, -0.2) is 19.9 Å². The van der Waals surface area contributed by atoms with Crippen LogP contribution in [0.1, 0.15) is 44.5 Å². The molecular weight excluding hydrogens is 1270 g/mol. The van der Waals surface area contributed by atoms with Gasteiger partial charge in [0.05, 0.1) is 33.4 Å². The van der Waals surface area contributed by atoms with Crippen LogP contribution in [0.3, 0.4) is 0 Å². The summed E-state index contributed by atoms with van der Waals surface area (Å²) in [6.45, 7) is 0. The molecule has 0 aliphatic carbocycles. The van der Waals surface area contributed by atoms with Crippen molar-refractivity contribution in [3.05, 3.63) is 408 Å². The van der Waals surface area contributed by atoms with Gasteiger partial charge in [0.15, 0.2) is 11.6 Å². The van der Waals surface area contributed by atoms with Gasteiger partial charge in [0.25, 0.3) is 0 Å². The van der Waals surface area contributed by atoms with Gasteiger partial charge in [0.1, 0.15) is 0 Å². The number of benzene rings is 16. The van der Waals surface area contributed by atoms with Crippen molar-refractivity contribution in [3.8, 4) is 67.7 Å².